The molecule has 172 valence electrons. The third-order valence-electron chi connectivity index (χ3n) is 7.49. The second-order valence-corrected chi connectivity index (χ2v) is 10.0. The number of carbonyl (C=O) groups excluding carboxylic acids is 1. The minimum absolute atomic E-state index is 0.00553. The molecule has 1 N–H and O–H groups in total. The van der Waals surface area contributed by atoms with Crippen LogP contribution < -0.4 is 10.5 Å². The molecule has 2 aromatic heterocycles. The maximum Gasteiger partial charge on any atom is 0.250 e. The third-order valence-corrected chi connectivity index (χ3v) is 7.49. The summed E-state index contributed by atoms with van der Waals surface area (Å²) in [5.41, 5.74) is 6.22. The van der Waals surface area contributed by atoms with E-state index in [1.165, 1.54) is 5.56 Å². The van der Waals surface area contributed by atoms with E-state index in [4.69, 9.17) is 4.98 Å². The van der Waals surface area contributed by atoms with Gasteiger partial charge in [-0.15, -0.1) is 0 Å². The van der Waals surface area contributed by atoms with Crippen LogP contribution in [0.5, 0.6) is 0 Å². The first kappa shape index (κ1) is 20.9. The van der Waals surface area contributed by atoms with E-state index >= 15 is 0 Å². The lowest BCUT2D eigenvalue weighted by atomic mass is 9.97. The lowest BCUT2D eigenvalue weighted by molar-refractivity contribution is -0.120. The Kier molecular flexibility index (Phi) is 4.40. The number of aryl methyl sites for hydroxylation is 1. The van der Waals surface area contributed by atoms with Crippen LogP contribution >= 0.6 is 0 Å². The van der Waals surface area contributed by atoms with Gasteiger partial charge in [-0.2, -0.15) is 0 Å². The molecule has 34 heavy (non-hydrogen) atoms. The Hall–Kier alpha value is -3.67. The van der Waals surface area contributed by atoms with Crippen molar-refractivity contribution in [2.75, 3.05) is 4.90 Å². The van der Waals surface area contributed by atoms with Crippen LogP contribution in [0.2, 0.25) is 0 Å². The molecule has 1 fully saturated rings. The molecule has 2 aliphatic rings. The Morgan fingerprint density at radius 1 is 1.03 bits per heavy atom. The molecule has 0 saturated heterocycles. The van der Waals surface area contributed by atoms with Gasteiger partial charge >= 0.3 is 0 Å². The number of fused-ring (bicyclic) bond motifs is 3. The normalized spacial score (nSPS) is 17.1. The zero-order chi connectivity index (χ0) is 23.8. The average molecular weight is 453 g/mol. The van der Waals surface area contributed by atoms with Crippen molar-refractivity contribution >= 4 is 22.6 Å². The Morgan fingerprint density at radius 3 is 2.41 bits per heavy atom. The van der Waals surface area contributed by atoms with Gasteiger partial charge in [0.2, 0.25) is 5.91 Å². The summed E-state index contributed by atoms with van der Waals surface area (Å²) in [5, 5.41) is 0. The Morgan fingerprint density at radius 2 is 1.76 bits per heavy atom. The van der Waals surface area contributed by atoms with Gasteiger partial charge in [0.05, 0.1) is 28.2 Å². The number of carbonyl (C=O) groups is 1. The molecule has 6 rings (SSSR count). The predicted octanol–water partition coefficient (Wildman–Crippen LogP) is 5.10. The average Bonchev–Trinajstić information content (AvgIpc) is 3.50. The highest BCUT2D eigenvalue weighted by molar-refractivity contribution is 6.12. The van der Waals surface area contributed by atoms with Gasteiger partial charge in [-0.1, -0.05) is 30.3 Å². The molecule has 6 heteroatoms. The number of H-pyrrole nitrogens is 1. The largest absolute Gasteiger partial charge is 0.328 e. The summed E-state index contributed by atoms with van der Waals surface area (Å²) < 4.78 is 2.24. The predicted molar refractivity (Wildman–Crippen MR) is 134 cm³/mol. The highest BCUT2D eigenvalue weighted by Crippen LogP contribution is 2.58. The van der Waals surface area contributed by atoms with Crippen molar-refractivity contribution in [2.24, 2.45) is 0 Å². The Bertz CT molecular complexity index is 1510. The Balaban J connectivity index is 1.64. The summed E-state index contributed by atoms with van der Waals surface area (Å²) in [7, 11) is 0. The molecule has 0 unspecified atom stereocenters. The molecule has 1 spiro atoms. The first-order chi connectivity index (χ1) is 16.3. The SMILES string of the molecule is Cc1cc(-c2nc3cc4c(cc3n2[C@@H](C)c2ccccc2)N(C(C)C)C(=O)C42CC2)c[nH]c1=O. The van der Waals surface area contributed by atoms with Crippen LogP contribution in [0, 0.1) is 6.92 Å². The van der Waals surface area contributed by atoms with Gasteiger partial charge in [0.25, 0.3) is 5.56 Å². The number of hydrogen-bond donors (Lipinski definition) is 1. The first-order valence-electron chi connectivity index (χ1n) is 12.0. The number of pyridine rings is 1. The van der Waals surface area contributed by atoms with Crippen molar-refractivity contribution in [3.63, 3.8) is 0 Å². The van der Waals surface area contributed by atoms with Crippen LogP contribution in [0.15, 0.2) is 59.5 Å². The second kappa shape index (κ2) is 7.16. The van der Waals surface area contributed by atoms with Crippen LogP contribution in [-0.2, 0) is 10.2 Å². The van der Waals surface area contributed by atoms with E-state index < -0.39 is 0 Å². The number of aromatic nitrogens is 3. The Labute approximate surface area is 198 Å². The summed E-state index contributed by atoms with van der Waals surface area (Å²) in [5.74, 6) is 1.03. The lowest BCUT2D eigenvalue weighted by Gasteiger charge is -2.23. The molecule has 2 aromatic carbocycles. The fourth-order valence-corrected chi connectivity index (χ4v) is 5.49. The number of nitrogens with zero attached hydrogens (tertiary/aromatic N) is 3. The number of amides is 1. The lowest BCUT2D eigenvalue weighted by Crippen LogP contribution is -2.37. The van der Waals surface area contributed by atoms with Crippen molar-refractivity contribution in [2.45, 2.75) is 58.0 Å². The minimum Gasteiger partial charge on any atom is -0.328 e. The fourth-order valence-electron chi connectivity index (χ4n) is 5.49. The molecule has 3 heterocycles. The van der Waals surface area contributed by atoms with E-state index in [2.05, 4.69) is 54.6 Å². The number of rotatable bonds is 4. The molecule has 4 aromatic rings. The molecule has 1 amide bonds. The van der Waals surface area contributed by atoms with Gasteiger partial charge in [0, 0.05) is 23.4 Å². The van der Waals surface area contributed by atoms with Crippen molar-refractivity contribution < 1.29 is 4.79 Å². The fraction of sp³-hybridized carbons (Fsp3) is 0.321. The summed E-state index contributed by atoms with van der Waals surface area (Å²) >= 11 is 0. The highest BCUT2D eigenvalue weighted by Gasteiger charge is 2.59. The van der Waals surface area contributed by atoms with Gasteiger partial charge in [-0.25, -0.2) is 4.98 Å². The van der Waals surface area contributed by atoms with Gasteiger partial charge in [-0.05, 0) is 69.9 Å². The number of anilines is 1. The molecule has 1 saturated carbocycles. The monoisotopic (exact) mass is 452 g/mol. The molecular weight excluding hydrogens is 424 g/mol. The standard InChI is InChI=1S/C28H28N4O2/c1-16(2)31-23-14-24-22(13-21(23)28(10-11-28)27(31)34)30-25(20-12-17(3)26(33)29-15-20)32(24)18(4)19-8-6-5-7-9-19/h5-9,12-16,18H,10-11H2,1-4H3,(H,29,33)/t18-/m0/s1. The molecule has 1 atom stereocenters. The molecular formula is C28H28N4O2. The first-order valence-corrected chi connectivity index (χ1v) is 12.0. The summed E-state index contributed by atoms with van der Waals surface area (Å²) in [6, 6.07) is 16.6. The topological polar surface area (TPSA) is 71.0 Å². The number of nitrogens with one attached hydrogen (secondary N) is 1. The smallest absolute Gasteiger partial charge is 0.250 e. The summed E-state index contributed by atoms with van der Waals surface area (Å²) in [6.45, 7) is 8.13. The van der Waals surface area contributed by atoms with Crippen molar-refractivity contribution in [3.8, 4) is 11.4 Å². The zero-order valence-electron chi connectivity index (χ0n) is 19.9. The van der Waals surface area contributed by atoms with Gasteiger partial charge < -0.3 is 14.5 Å². The number of imidazole rings is 1. The van der Waals surface area contributed by atoms with Crippen molar-refractivity contribution in [1.82, 2.24) is 14.5 Å². The van der Waals surface area contributed by atoms with Crippen LogP contribution in [0.3, 0.4) is 0 Å². The van der Waals surface area contributed by atoms with Gasteiger partial charge in [-0.3, -0.25) is 9.59 Å². The molecule has 1 aliphatic heterocycles. The summed E-state index contributed by atoms with van der Waals surface area (Å²) in [4.78, 5) is 35.3. The van der Waals surface area contributed by atoms with Crippen LogP contribution in [-0.4, -0.2) is 26.5 Å². The van der Waals surface area contributed by atoms with E-state index in [9.17, 15) is 9.59 Å². The maximum atomic E-state index is 13.4. The second-order valence-electron chi connectivity index (χ2n) is 10.0. The molecule has 0 bridgehead atoms. The minimum atomic E-state index is -0.364. The maximum absolute atomic E-state index is 13.4. The van der Waals surface area contributed by atoms with Gasteiger partial charge in [0.15, 0.2) is 0 Å². The number of benzene rings is 2. The third kappa shape index (κ3) is 2.84. The van der Waals surface area contributed by atoms with Crippen LogP contribution in [0.4, 0.5) is 5.69 Å². The van der Waals surface area contributed by atoms with E-state index in [0.717, 1.165) is 46.5 Å². The quantitative estimate of drug-likeness (QED) is 0.469. The van der Waals surface area contributed by atoms with E-state index in [1.807, 2.05) is 36.1 Å². The van der Waals surface area contributed by atoms with Crippen LogP contribution in [0.25, 0.3) is 22.4 Å². The van der Waals surface area contributed by atoms with E-state index in [1.54, 1.807) is 6.20 Å². The zero-order valence-corrected chi connectivity index (χ0v) is 19.9. The number of aromatic amines is 1. The van der Waals surface area contributed by atoms with E-state index in [0.29, 0.717) is 5.56 Å². The number of hydrogen-bond acceptors (Lipinski definition) is 3. The van der Waals surface area contributed by atoms with Crippen molar-refractivity contribution in [1.29, 1.82) is 0 Å². The van der Waals surface area contributed by atoms with Crippen molar-refractivity contribution in [3.05, 3.63) is 81.8 Å². The summed E-state index contributed by atoms with van der Waals surface area (Å²) in [6.07, 6.45) is 3.55. The molecule has 6 nitrogen and oxygen atoms in total. The van der Waals surface area contributed by atoms with E-state index in [-0.39, 0.29) is 29.0 Å². The highest BCUT2D eigenvalue weighted by atomic mass is 16.2. The molecule has 1 aliphatic carbocycles. The molecule has 0 radical (unpaired) electrons. The van der Waals surface area contributed by atoms with Gasteiger partial charge in [0.1, 0.15) is 5.82 Å². The van der Waals surface area contributed by atoms with Crippen LogP contribution in [0.1, 0.15) is 56.3 Å².